The summed E-state index contributed by atoms with van der Waals surface area (Å²) in [7, 11) is 0. The molecule has 3 nitrogen and oxygen atoms in total. The average molecular weight is 361 g/mol. The lowest BCUT2D eigenvalue weighted by Crippen LogP contribution is -2.08. The number of nitrogens with one attached hydrogen (secondary N) is 1. The van der Waals surface area contributed by atoms with Crippen molar-refractivity contribution >= 4 is 28.5 Å². The predicted octanol–water partition coefficient (Wildman–Crippen LogP) is 3.01. The smallest absolute Gasteiger partial charge is 0.222 e. The Labute approximate surface area is 117 Å². The molecule has 0 bridgehead atoms. The Bertz CT molecular complexity index is 511. The molecule has 0 spiro atoms. The topological polar surface area (TPSA) is 37.8 Å². The van der Waals surface area contributed by atoms with Crippen LogP contribution in [0.5, 0.6) is 0 Å². The molecule has 2 rings (SSSR count). The average Bonchev–Trinajstić information content (AvgIpc) is 2.30. The first-order chi connectivity index (χ1) is 8.63. The van der Waals surface area contributed by atoms with Gasteiger partial charge in [0.15, 0.2) is 0 Å². The third kappa shape index (κ3) is 3.86. The van der Waals surface area contributed by atoms with E-state index in [2.05, 4.69) is 37.9 Å². The molecule has 0 unspecified atom stereocenters. The summed E-state index contributed by atoms with van der Waals surface area (Å²) in [6, 6.07) is 3.50. The maximum atomic E-state index is 12.9. The zero-order valence-electron chi connectivity index (χ0n) is 9.33. The lowest BCUT2D eigenvalue weighted by molar-refractivity contribution is 0.580. The van der Waals surface area contributed by atoms with Crippen LogP contribution in [0.25, 0.3) is 0 Å². The number of anilines is 1. The van der Waals surface area contributed by atoms with Gasteiger partial charge in [0.25, 0.3) is 0 Å². The SMILES string of the molecule is Fc1cc(F)cc(CCNc2ncc(I)cn2)c1. The number of hydrogen-bond donors (Lipinski definition) is 1. The summed E-state index contributed by atoms with van der Waals surface area (Å²) in [6.07, 6.45) is 3.89. The van der Waals surface area contributed by atoms with Crippen LogP contribution in [0.15, 0.2) is 30.6 Å². The molecule has 0 saturated carbocycles. The molecular weight excluding hydrogens is 351 g/mol. The highest BCUT2D eigenvalue weighted by Crippen LogP contribution is 2.09. The van der Waals surface area contributed by atoms with E-state index in [4.69, 9.17) is 0 Å². The van der Waals surface area contributed by atoms with Gasteiger partial charge in [-0.2, -0.15) is 0 Å². The molecule has 0 radical (unpaired) electrons. The van der Waals surface area contributed by atoms with Crippen LogP contribution >= 0.6 is 22.6 Å². The van der Waals surface area contributed by atoms with E-state index in [0.29, 0.717) is 24.5 Å². The fraction of sp³-hybridized carbons (Fsp3) is 0.167. The highest BCUT2D eigenvalue weighted by atomic mass is 127. The van der Waals surface area contributed by atoms with Gasteiger partial charge in [0.05, 0.1) is 0 Å². The fourth-order valence-corrected chi connectivity index (χ4v) is 1.76. The van der Waals surface area contributed by atoms with E-state index in [0.717, 1.165) is 9.64 Å². The second-order valence-electron chi connectivity index (χ2n) is 3.68. The summed E-state index contributed by atoms with van der Waals surface area (Å²) in [4.78, 5) is 8.13. The summed E-state index contributed by atoms with van der Waals surface area (Å²) < 4.78 is 26.8. The van der Waals surface area contributed by atoms with Crippen molar-refractivity contribution in [1.82, 2.24) is 9.97 Å². The molecule has 1 aromatic heterocycles. The lowest BCUT2D eigenvalue weighted by atomic mass is 10.1. The van der Waals surface area contributed by atoms with E-state index in [-0.39, 0.29) is 0 Å². The predicted molar refractivity (Wildman–Crippen MR) is 73.3 cm³/mol. The van der Waals surface area contributed by atoms with Crippen LogP contribution in [0, 0.1) is 15.2 Å². The largest absolute Gasteiger partial charge is 0.354 e. The van der Waals surface area contributed by atoms with Gasteiger partial charge in [-0.05, 0) is 46.7 Å². The van der Waals surface area contributed by atoms with Crippen molar-refractivity contribution in [2.45, 2.75) is 6.42 Å². The van der Waals surface area contributed by atoms with Gasteiger partial charge in [0.2, 0.25) is 5.95 Å². The summed E-state index contributed by atoms with van der Waals surface area (Å²) in [5.41, 5.74) is 0.602. The van der Waals surface area contributed by atoms with Gasteiger partial charge in [-0.25, -0.2) is 18.7 Å². The van der Waals surface area contributed by atoms with Crippen molar-refractivity contribution in [3.63, 3.8) is 0 Å². The zero-order chi connectivity index (χ0) is 13.0. The van der Waals surface area contributed by atoms with E-state index in [9.17, 15) is 8.78 Å². The second kappa shape index (κ2) is 6.03. The Kier molecular flexibility index (Phi) is 4.40. The summed E-state index contributed by atoms with van der Waals surface area (Å²) >= 11 is 2.11. The molecule has 2 aromatic rings. The van der Waals surface area contributed by atoms with Crippen molar-refractivity contribution in [3.8, 4) is 0 Å². The molecule has 0 aliphatic carbocycles. The maximum absolute atomic E-state index is 12.9. The van der Waals surface area contributed by atoms with Gasteiger partial charge in [-0.3, -0.25) is 0 Å². The van der Waals surface area contributed by atoms with Gasteiger partial charge >= 0.3 is 0 Å². The normalized spacial score (nSPS) is 10.4. The number of nitrogens with zero attached hydrogens (tertiary/aromatic N) is 2. The molecule has 0 fully saturated rings. The van der Waals surface area contributed by atoms with Crippen molar-refractivity contribution < 1.29 is 8.78 Å². The Balaban J connectivity index is 1.90. The van der Waals surface area contributed by atoms with Crippen LogP contribution in [-0.2, 0) is 6.42 Å². The molecule has 1 aromatic carbocycles. The minimum Gasteiger partial charge on any atom is -0.354 e. The van der Waals surface area contributed by atoms with Gasteiger partial charge in [-0.15, -0.1) is 0 Å². The van der Waals surface area contributed by atoms with Gasteiger partial charge in [0.1, 0.15) is 11.6 Å². The molecule has 0 saturated heterocycles. The first-order valence-electron chi connectivity index (χ1n) is 5.30. The minimum absolute atomic E-state index is 0.504. The van der Waals surface area contributed by atoms with Crippen LogP contribution in [0.3, 0.4) is 0 Å². The Morgan fingerprint density at radius 3 is 2.28 bits per heavy atom. The monoisotopic (exact) mass is 361 g/mol. The summed E-state index contributed by atoms with van der Waals surface area (Å²) in [5.74, 6) is -0.613. The van der Waals surface area contributed by atoms with Crippen LogP contribution in [0.1, 0.15) is 5.56 Å². The van der Waals surface area contributed by atoms with E-state index in [1.165, 1.54) is 12.1 Å². The maximum Gasteiger partial charge on any atom is 0.222 e. The third-order valence-electron chi connectivity index (χ3n) is 2.24. The first-order valence-corrected chi connectivity index (χ1v) is 6.38. The zero-order valence-corrected chi connectivity index (χ0v) is 11.5. The molecule has 0 aliphatic rings. The van der Waals surface area contributed by atoms with Crippen LogP contribution in [0.4, 0.5) is 14.7 Å². The van der Waals surface area contributed by atoms with E-state index in [1.807, 2.05) is 0 Å². The Morgan fingerprint density at radius 1 is 1.06 bits per heavy atom. The molecule has 0 aliphatic heterocycles. The second-order valence-corrected chi connectivity index (χ2v) is 4.92. The first kappa shape index (κ1) is 13.1. The van der Waals surface area contributed by atoms with Crippen LogP contribution in [-0.4, -0.2) is 16.5 Å². The number of hydrogen-bond acceptors (Lipinski definition) is 3. The quantitative estimate of drug-likeness (QED) is 0.851. The van der Waals surface area contributed by atoms with Crippen molar-refractivity contribution in [2.24, 2.45) is 0 Å². The van der Waals surface area contributed by atoms with Crippen LogP contribution < -0.4 is 5.32 Å². The van der Waals surface area contributed by atoms with E-state index in [1.54, 1.807) is 12.4 Å². The molecule has 6 heteroatoms. The Hall–Kier alpha value is -1.31. The number of benzene rings is 1. The molecular formula is C12H10F2IN3. The van der Waals surface area contributed by atoms with Crippen molar-refractivity contribution in [2.75, 3.05) is 11.9 Å². The van der Waals surface area contributed by atoms with Crippen molar-refractivity contribution in [1.29, 1.82) is 0 Å². The van der Waals surface area contributed by atoms with Gasteiger partial charge in [0, 0.05) is 28.6 Å². The number of aromatic nitrogens is 2. The van der Waals surface area contributed by atoms with E-state index >= 15 is 0 Å². The van der Waals surface area contributed by atoms with Gasteiger partial charge in [-0.1, -0.05) is 0 Å². The molecule has 94 valence electrons. The number of halogens is 3. The summed E-state index contributed by atoms with van der Waals surface area (Å²) in [5, 5.41) is 2.99. The highest BCUT2D eigenvalue weighted by molar-refractivity contribution is 14.1. The summed E-state index contributed by atoms with van der Waals surface area (Å²) in [6.45, 7) is 0.517. The third-order valence-corrected chi connectivity index (χ3v) is 2.80. The Morgan fingerprint density at radius 2 is 1.67 bits per heavy atom. The van der Waals surface area contributed by atoms with Crippen molar-refractivity contribution in [3.05, 3.63) is 51.4 Å². The highest BCUT2D eigenvalue weighted by Gasteiger charge is 2.01. The van der Waals surface area contributed by atoms with Crippen LogP contribution in [0.2, 0.25) is 0 Å². The number of rotatable bonds is 4. The lowest BCUT2D eigenvalue weighted by Gasteiger charge is -2.05. The molecule has 18 heavy (non-hydrogen) atoms. The molecule has 0 atom stereocenters. The molecule has 1 N–H and O–H groups in total. The molecule has 0 amide bonds. The molecule has 1 heterocycles. The minimum atomic E-state index is -0.560. The van der Waals surface area contributed by atoms with Gasteiger partial charge < -0.3 is 5.32 Å². The van der Waals surface area contributed by atoms with E-state index < -0.39 is 11.6 Å². The standard InChI is InChI=1S/C12H10F2IN3/c13-9-3-8(4-10(14)5-9)1-2-16-12-17-6-11(15)7-18-12/h3-7H,1-2H2,(H,16,17,18). The fourth-order valence-electron chi connectivity index (χ4n) is 1.48.